The number of carbonyl (C=O) groups excluding carboxylic acids is 1. The van der Waals surface area contributed by atoms with E-state index in [1.807, 2.05) is 47.4 Å². The summed E-state index contributed by atoms with van der Waals surface area (Å²) in [7, 11) is -3.40. The Kier molecular flexibility index (Phi) is 7.37. The SMILES string of the molecule is CCc1ccc(N(CCCC(=O)N2CCN(c3ccccc3)CC2)S(C)(=O)=O)cc1. The molecular weight excluding hydrogens is 398 g/mol. The van der Waals surface area contributed by atoms with E-state index < -0.39 is 10.0 Å². The predicted molar refractivity (Wildman–Crippen MR) is 122 cm³/mol. The average molecular weight is 430 g/mol. The predicted octanol–water partition coefficient (Wildman–Crippen LogP) is 3.14. The number of aryl methyl sites for hydroxylation is 1. The van der Waals surface area contributed by atoms with Crippen molar-refractivity contribution in [2.75, 3.05) is 48.2 Å². The second-order valence-electron chi connectivity index (χ2n) is 7.66. The van der Waals surface area contributed by atoms with E-state index in [-0.39, 0.29) is 5.91 Å². The Morgan fingerprint density at radius 2 is 1.60 bits per heavy atom. The molecule has 3 rings (SSSR count). The first-order valence-electron chi connectivity index (χ1n) is 10.5. The van der Waals surface area contributed by atoms with Crippen LogP contribution in [0.5, 0.6) is 0 Å². The van der Waals surface area contributed by atoms with Crippen LogP contribution in [0.25, 0.3) is 0 Å². The quantitative estimate of drug-likeness (QED) is 0.647. The van der Waals surface area contributed by atoms with E-state index in [2.05, 4.69) is 24.0 Å². The first kappa shape index (κ1) is 22.2. The van der Waals surface area contributed by atoms with Crippen LogP contribution in [0.3, 0.4) is 0 Å². The van der Waals surface area contributed by atoms with Crippen molar-refractivity contribution in [2.45, 2.75) is 26.2 Å². The zero-order chi connectivity index (χ0) is 21.6. The molecule has 0 saturated carbocycles. The molecule has 0 bridgehead atoms. The van der Waals surface area contributed by atoms with Crippen molar-refractivity contribution in [3.8, 4) is 0 Å². The van der Waals surface area contributed by atoms with Crippen molar-refractivity contribution < 1.29 is 13.2 Å². The first-order chi connectivity index (χ1) is 14.4. The molecule has 0 spiro atoms. The van der Waals surface area contributed by atoms with Crippen molar-refractivity contribution in [3.05, 3.63) is 60.2 Å². The van der Waals surface area contributed by atoms with Gasteiger partial charge in [-0.3, -0.25) is 9.10 Å². The van der Waals surface area contributed by atoms with Crippen LogP contribution in [0.4, 0.5) is 11.4 Å². The maximum atomic E-state index is 12.6. The minimum absolute atomic E-state index is 0.0949. The van der Waals surface area contributed by atoms with Gasteiger partial charge in [-0.1, -0.05) is 37.3 Å². The summed E-state index contributed by atoms with van der Waals surface area (Å²) in [6, 6.07) is 17.8. The van der Waals surface area contributed by atoms with Gasteiger partial charge in [0.05, 0.1) is 11.9 Å². The third-order valence-corrected chi connectivity index (χ3v) is 6.73. The van der Waals surface area contributed by atoms with Gasteiger partial charge in [-0.25, -0.2) is 8.42 Å². The molecule has 0 aliphatic carbocycles. The molecule has 7 heteroatoms. The molecule has 1 aliphatic heterocycles. The number of hydrogen-bond acceptors (Lipinski definition) is 4. The van der Waals surface area contributed by atoms with Crippen LogP contribution in [-0.4, -0.2) is 58.2 Å². The van der Waals surface area contributed by atoms with Gasteiger partial charge >= 0.3 is 0 Å². The molecular formula is C23H31N3O3S. The second kappa shape index (κ2) is 9.98. The number of carbonyl (C=O) groups is 1. The summed E-state index contributed by atoms with van der Waals surface area (Å²) in [6.07, 6.45) is 2.97. The summed E-state index contributed by atoms with van der Waals surface area (Å²) in [5, 5.41) is 0. The molecule has 2 aromatic carbocycles. The minimum atomic E-state index is -3.40. The number of anilines is 2. The van der Waals surface area contributed by atoms with Crippen molar-refractivity contribution >= 4 is 27.3 Å². The normalized spacial score (nSPS) is 14.6. The minimum Gasteiger partial charge on any atom is -0.368 e. The average Bonchev–Trinajstić information content (AvgIpc) is 2.76. The fraction of sp³-hybridized carbons (Fsp3) is 0.435. The lowest BCUT2D eigenvalue weighted by atomic mass is 10.1. The van der Waals surface area contributed by atoms with Crippen molar-refractivity contribution in [1.29, 1.82) is 0 Å². The maximum Gasteiger partial charge on any atom is 0.232 e. The monoisotopic (exact) mass is 429 g/mol. The molecule has 0 unspecified atom stereocenters. The Morgan fingerprint density at radius 1 is 0.967 bits per heavy atom. The fourth-order valence-corrected chi connectivity index (χ4v) is 4.73. The Hall–Kier alpha value is -2.54. The Morgan fingerprint density at radius 3 is 2.17 bits per heavy atom. The Balaban J connectivity index is 1.51. The molecule has 1 heterocycles. The van der Waals surface area contributed by atoms with E-state index >= 15 is 0 Å². The summed E-state index contributed by atoms with van der Waals surface area (Å²) in [4.78, 5) is 16.8. The molecule has 1 fully saturated rings. The topological polar surface area (TPSA) is 60.9 Å². The first-order valence-corrected chi connectivity index (χ1v) is 12.4. The lowest BCUT2D eigenvalue weighted by Crippen LogP contribution is -2.48. The van der Waals surface area contributed by atoms with E-state index in [9.17, 15) is 13.2 Å². The third kappa shape index (κ3) is 5.75. The summed E-state index contributed by atoms with van der Waals surface area (Å²) in [5.41, 5.74) is 3.00. The maximum absolute atomic E-state index is 12.6. The molecule has 30 heavy (non-hydrogen) atoms. The second-order valence-corrected chi connectivity index (χ2v) is 9.57. The van der Waals surface area contributed by atoms with Gasteiger partial charge in [0, 0.05) is 44.8 Å². The Labute approximate surface area is 180 Å². The van der Waals surface area contributed by atoms with Crippen LogP contribution >= 0.6 is 0 Å². The zero-order valence-electron chi connectivity index (χ0n) is 17.8. The molecule has 2 aromatic rings. The lowest BCUT2D eigenvalue weighted by molar-refractivity contribution is -0.131. The number of benzene rings is 2. The smallest absolute Gasteiger partial charge is 0.232 e. The van der Waals surface area contributed by atoms with Gasteiger partial charge in [-0.15, -0.1) is 0 Å². The molecule has 1 amide bonds. The van der Waals surface area contributed by atoms with E-state index in [1.165, 1.54) is 16.2 Å². The molecule has 162 valence electrons. The molecule has 0 aromatic heterocycles. The van der Waals surface area contributed by atoms with Crippen LogP contribution in [0.15, 0.2) is 54.6 Å². The number of amides is 1. The van der Waals surface area contributed by atoms with Gasteiger partial charge in [0.25, 0.3) is 0 Å². The fourth-order valence-electron chi connectivity index (χ4n) is 3.77. The number of para-hydroxylation sites is 1. The molecule has 1 aliphatic rings. The van der Waals surface area contributed by atoms with Gasteiger partial charge in [0.1, 0.15) is 0 Å². The van der Waals surface area contributed by atoms with E-state index in [4.69, 9.17) is 0 Å². The highest BCUT2D eigenvalue weighted by molar-refractivity contribution is 7.92. The molecule has 1 saturated heterocycles. The zero-order valence-corrected chi connectivity index (χ0v) is 18.6. The highest BCUT2D eigenvalue weighted by Gasteiger charge is 2.22. The molecule has 0 N–H and O–H groups in total. The van der Waals surface area contributed by atoms with Gasteiger partial charge in [0.2, 0.25) is 15.9 Å². The largest absolute Gasteiger partial charge is 0.368 e. The van der Waals surface area contributed by atoms with Crippen molar-refractivity contribution in [1.82, 2.24) is 4.90 Å². The molecule has 6 nitrogen and oxygen atoms in total. The molecule has 0 atom stereocenters. The summed E-state index contributed by atoms with van der Waals surface area (Å²) >= 11 is 0. The van der Waals surface area contributed by atoms with Gasteiger partial charge in [-0.2, -0.15) is 0 Å². The van der Waals surface area contributed by atoms with Crippen molar-refractivity contribution in [3.63, 3.8) is 0 Å². The number of piperazine rings is 1. The van der Waals surface area contributed by atoms with E-state index in [0.717, 1.165) is 25.1 Å². The van der Waals surface area contributed by atoms with Crippen LogP contribution in [0, 0.1) is 0 Å². The van der Waals surface area contributed by atoms with Crippen LogP contribution in [-0.2, 0) is 21.2 Å². The molecule has 0 radical (unpaired) electrons. The van der Waals surface area contributed by atoms with Gasteiger partial charge in [0.15, 0.2) is 0 Å². The number of nitrogens with zero attached hydrogens (tertiary/aromatic N) is 3. The van der Waals surface area contributed by atoms with Crippen LogP contribution in [0.1, 0.15) is 25.3 Å². The third-order valence-electron chi connectivity index (χ3n) is 5.54. The summed E-state index contributed by atoms with van der Waals surface area (Å²) < 4.78 is 25.9. The summed E-state index contributed by atoms with van der Waals surface area (Å²) in [6.45, 7) is 5.39. The van der Waals surface area contributed by atoms with Crippen LogP contribution in [0.2, 0.25) is 0 Å². The van der Waals surface area contributed by atoms with E-state index in [1.54, 1.807) is 0 Å². The lowest BCUT2D eigenvalue weighted by Gasteiger charge is -2.36. The van der Waals surface area contributed by atoms with Crippen molar-refractivity contribution in [2.24, 2.45) is 0 Å². The highest BCUT2D eigenvalue weighted by atomic mass is 32.2. The van der Waals surface area contributed by atoms with E-state index in [0.29, 0.717) is 38.2 Å². The Bertz CT molecular complexity index is 922. The van der Waals surface area contributed by atoms with Crippen LogP contribution < -0.4 is 9.21 Å². The number of hydrogen-bond donors (Lipinski definition) is 0. The van der Waals surface area contributed by atoms with Gasteiger partial charge < -0.3 is 9.80 Å². The standard InChI is InChI=1S/C23H31N3O3S/c1-3-20-11-13-22(14-12-20)26(30(2,28)29)15-7-10-23(27)25-18-16-24(17-19-25)21-8-5-4-6-9-21/h4-6,8-9,11-14H,3,7,10,15-19H2,1-2H3. The number of rotatable bonds is 8. The summed E-state index contributed by atoms with van der Waals surface area (Å²) in [5.74, 6) is 0.0949. The number of sulfonamides is 1. The highest BCUT2D eigenvalue weighted by Crippen LogP contribution is 2.20. The van der Waals surface area contributed by atoms with Gasteiger partial charge in [-0.05, 0) is 42.7 Å².